The van der Waals surface area contributed by atoms with Gasteiger partial charge in [0.05, 0.1) is 0 Å². The van der Waals surface area contributed by atoms with Crippen molar-refractivity contribution in [1.82, 2.24) is 0 Å². The molecular formula is C14H18O2. The van der Waals surface area contributed by atoms with Crippen LogP contribution >= 0.6 is 0 Å². The molecule has 16 heavy (non-hydrogen) atoms. The monoisotopic (exact) mass is 218 g/mol. The molecular weight excluding hydrogens is 200 g/mol. The highest BCUT2D eigenvalue weighted by molar-refractivity contribution is 5.91. The van der Waals surface area contributed by atoms with Crippen molar-refractivity contribution < 1.29 is 9.53 Å². The second-order valence-corrected chi connectivity index (χ2v) is 5.67. The van der Waals surface area contributed by atoms with Gasteiger partial charge in [0, 0.05) is 17.9 Å². The normalized spacial score (nSPS) is 42.2. The van der Waals surface area contributed by atoms with Crippen molar-refractivity contribution in [2.75, 3.05) is 0 Å². The lowest BCUT2D eigenvalue weighted by Crippen LogP contribution is -2.36. The summed E-state index contributed by atoms with van der Waals surface area (Å²) in [6.07, 6.45) is 8.16. The molecule has 1 saturated carbocycles. The zero-order valence-electron chi connectivity index (χ0n) is 9.79. The quantitative estimate of drug-likeness (QED) is 0.355. The lowest BCUT2D eigenvalue weighted by atomic mass is 9.61. The fraction of sp³-hybridized carbons (Fsp3) is 0.643. The second kappa shape index (κ2) is 3.22. The van der Waals surface area contributed by atoms with Crippen LogP contribution in [0.4, 0.5) is 0 Å². The molecule has 3 atom stereocenters. The maximum atomic E-state index is 11.5. The highest BCUT2D eigenvalue weighted by atomic mass is 16.6. The zero-order valence-corrected chi connectivity index (χ0v) is 9.79. The highest BCUT2D eigenvalue weighted by Crippen LogP contribution is 2.53. The molecule has 1 saturated heterocycles. The molecule has 0 N–H and O–H groups in total. The molecule has 2 fully saturated rings. The summed E-state index contributed by atoms with van der Waals surface area (Å²) in [5, 5.41) is 0. The summed E-state index contributed by atoms with van der Waals surface area (Å²) in [7, 11) is 0. The van der Waals surface area contributed by atoms with E-state index >= 15 is 0 Å². The summed E-state index contributed by atoms with van der Waals surface area (Å²) in [6.45, 7) is 6.23. The van der Waals surface area contributed by atoms with E-state index in [1.165, 1.54) is 24.8 Å². The van der Waals surface area contributed by atoms with E-state index in [2.05, 4.69) is 19.6 Å². The van der Waals surface area contributed by atoms with Crippen molar-refractivity contribution in [2.24, 2.45) is 11.3 Å². The number of carbonyl (C=O) groups is 1. The third kappa shape index (κ3) is 1.28. The minimum absolute atomic E-state index is 0.0809. The summed E-state index contributed by atoms with van der Waals surface area (Å²) in [5.41, 5.74) is 2.52. The van der Waals surface area contributed by atoms with E-state index in [-0.39, 0.29) is 18.0 Å². The van der Waals surface area contributed by atoms with Crippen LogP contribution in [0.2, 0.25) is 0 Å². The largest absolute Gasteiger partial charge is 0.458 e. The number of allylic oxidation sites excluding steroid dienone is 1. The van der Waals surface area contributed by atoms with E-state index in [0.29, 0.717) is 11.0 Å². The summed E-state index contributed by atoms with van der Waals surface area (Å²) in [4.78, 5) is 11.5. The standard InChI is InChI=1S/C14H18O2/c1-9-11-8-14(2)6-4-3-5-10(14)7-12(11)16-13(9)15/h5,11-12H,1,3-4,6-8H2,2H3/t11-,12-,14+/m0/s1. The lowest BCUT2D eigenvalue weighted by Gasteiger charge is -2.43. The first-order valence-electron chi connectivity index (χ1n) is 6.19. The Kier molecular flexibility index (Phi) is 2.04. The zero-order chi connectivity index (χ0) is 11.3. The molecule has 0 aromatic heterocycles. The predicted molar refractivity (Wildman–Crippen MR) is 61.8 cm³/mol. The lowest BCUT2D eigenvalue weighted by molar-refractivity contribution is -0.139. The van der Waals surface area contributed by atoms with Gasteiger partial charge in [-0.05, 0) is 31.1 Å². The van der Waals surface area contributed by atoms with Crippen LogP contribution in [0.5, 0.6) is 0 Å². The van der Waals surface area contributed by atoms with Crippen LogP contribution in [0.3, 0.4) is 0 Å². The van der Waals surface area contributed by atoms with E-state index in [9.17, 15) is 4.79 Å². The van der Waals surface area contributed by atoms with Gasteiger partial charge in [0.2, 0.25) is 0 Å². The molecule has 2 aliphatic carbocycles. The maximum Gasteiger partial charge on any atom is 0.334 e. The van der Waals surface area contributed by atoms with Crippen molar-refractivity contribution >= 4 is 5.97 Å². The smallest absolute Gasteiger partial charge is 0.334 e. The van der Waals surface area contributed by atoms with E-state index in [1.807, 2.05) is 0 Å². The number of hydrogen-bond acceptors (Lipinski definition) is 2. The molecule has 0 unspecified atom stereocenters. The van der Waals surface area contributed by atoms with Crippen LogP contribution in [-0.4, -0.2) is 12.1 Å². The summed E-state index contributed by atoms with van der Waals surface area (Å²) in [5.74, 6) is 0.102. The van der Waals surface area contributed by atoms with Gasteiger partial charge in [0.15, 0.2) is 0 Å². The van der Waals surface area contributed by atoms with Gasteiger partial charge in [-0.25, -0.2) is 4.79 Å². The highest BCUT2D eigenvalue weighted by Gasteiger charge is 2.49. The van der Waals surface area contributed by atoms with E-state index in [0.717, 1.165) is 12.8 Å². The predicted octanol–water partition coefficient (Wildman–Crippen LogP) is 2.99. The van der Waals surface area contributed by atoms with Gasteiger partial charge >= 0.3 is 5.97 Å². The maximum absolute atomic E-state index is 11.5. The number of esters is 1. The van der Waals surface area contributed by atoms with Crippen LogP contribution in [0.25, 0.3) is 0 Å². The number of fused-ring (bicyclic) bond motifs is 2. The molecule has 0 aromatic rings. The van der Waals surface area contributed by atoms with Gasteiger partial charge in [-0.15, -0.1) is 0 Å². The Morgan fingerprint density at radius 3 is 3.19 bits per heavy atom. The Morgan fingerprint density at radius 1 is 1.56 bits per heavy atom. The van der Waals surface area contributed by atoms with Gasteiger partial charge in [0.1, 0.15) is 6.10 Å². The van der Waals surface area contributed by atoms with E-state index < -0.39 is 0 Å². The van der Waals surface area contributed by atoms with Crippen LogP contribution in [-0.2, 0) is 9.53 Å². The van der Waals surface area contributed by atoms with Gasteiger partial charge in [-0.1, -0.05) is 25.2 Å². The van der Waals surface area contributed by atoms with Crippen molar-refractivity contribution in [1.29, 1.82) is 0 Å². The average molecular weight is 218 g/mol. The van der Waals surface area contributed by atoms with E-state index in [1.54, 1.807) is 0 Å². The van der Waals surface area contributed by atoms with Crippen LogP contribution in [0, 0.1) is 11.3 Å². The Morgan fingerprint density at radius 2 is 2.38 bits per heavy atom. The minimum Gasteiger partial charge on any atom is -0.458 e. The Bertz CT molecular complexity index is 394. The Balaban J connectivity index is 1.93. The first-order valence-corrected chi connectivity index (χ1v) is 6.19. The summed E-state index contributed by atoms with van der Waals surface area (Å²) < 4.78 is 5.39. The van der Waals surface area contributed by atoms with Gasteiger partial charge in [0.25, 0.3) is 0 Å². The fourth-order valence-corrected chi connectivity index (χ4v) is 3.55. The van der Waals surface area contributed by atoms with Crippen LogP contribution in [0.1, 0.15) is 39.0 Å². The van der Waals surface area contributed by atoms with Crippen molar-refractivity contribution in [3.63, 3.8) is 0 Å². The average Bonchev–Trinajstić information content (AvgIpc) is 2.51. The second-order valence-electron chi connectivity index (χ2n) is 5.67. The number of hydrogen-bond donors (Lipinski definition) is 0. The number of rotatable bonds is 0. The molecule has 2 nitrogen and oxygen atoms in total. The third-order valence-electron chi connectivity index (χ3n) is 4.61. The molecule has 1 aliphatic heterocycles. The van der Waals surface area contributed by atoms with Crippen molar-refractivity contribution in [3.05, 3.63) is 23.8 Å². The first kappa shape index (κ1) is 10.1. The van der Waals surface area contributed by atoms with Crippen LogP contribution < -0.4 is 0 Å². The van der Waals surface area contributed by atoms with Crippen molar-refractivity contribution in [3.8, 4) is 0 Å². The van der Waals surface area contributed by atoms with Gasteiger partial charge in [-0.3, -0.25) is 0 Å². The molecule has 86 valence electrons. The molecule has 3 aliphatic rings. The number of ether oxygens (including phenoxy) is 1. The van der Waals surface area contributed by atoms with Crippen LogP contribution in [0.15, 0.2) is 23.8 Å². The molecule has 1 heterocycles. The SMILES string of the molecule is C=C1C(=O)O[C@H]2CC3=CCCC[C@]3(C)C[C@@H]12. The van der Waals surface area contributed by atoms with Crippen molar-refractivity contribution in [2.45, 2.75) is 45.1 Å². The molecule has 3 rings (SSSR count). The topological polar surface area (TPSA) is 26.3 Å². The molecule has 0 radical (unpaired) electrons. The molecule has 2 heteroatoms. The fourth-order valence-electron chi connectivity index (χ4n) is 3.55. The minimum atomic E-state index is -0.169. The van der Waals surface area contributed by atoms with Gasteiger partial charge in [-0.2, -0.15) is 0 Å². The molecule has 0 amide bonds. The molecule has 0 bridgehead atoms. The summed E-state index contributed by atoms with van der Waals surface area (Å²) >= 11 is 0. The number of carbonyl (C=O) groups excluding carboxylic acids is 1. The summed E-state index contributed by atoms with van der Waals surface area (Å²) in [6, 6.07) is 0. The first-order chi connectivity index (χ1) is 7.60. The Labute approximate surface area is 96.4 Å². The molecule has 0 aromatic carbocycles. The Hall–Kier alpha value is -1.05. The molecule has 0 spiro atoms. The van der Waals surface area contributed by atoms with E-state index in [4.69, 9.17) is 4.74 Å². The van der Waals surface area contributed by atoms with Gasteiger partial charge < -0.3 is 4.74 Å². The third-order valence-corrected chi connectivity index (χ3v) is 4.61.